The second-order valence-electron chi connectivity index (χ2n) is 7.20. The van der Waals surface area contributed by atoms with Crippen LogP contribution in [0, 0.1) is 11.3 Å². The maximum atomic E-state index is 13.2. The lowest BCUT2D eigenvalue weighted by Gasteiger charge is -2.27. The van der Waals surface area contributed by atoms with E-state index in [1.165, 1.54) is 30.3 Å². The Morgan fingerprint density at radius 2 is 1.81 bits per heavy atom. The van der Waals surface area contributed by atoms with Gasteiger partial charge in [0.2, 0.25) is 0 Å². The van der Waals surface area contributed by atoms with Crippen LogP contribution in [0.3, 0.4) is 0 Å². The molecule has 1 aliphatic carbocycles. The molecule has 1 atom stereocenters. The van der Waals surface area contributed by atoms with Crippen LogP contribution in [0.4, 0.5) is 18.9 Å². The number of carbonyl (C=O) groups excluding carboxylic acids is 1. The molecule has 1 unspecified atom stereocenters. The van der Waals surface area contributed by atoms with Gasteiger partial charge in [-0.1, -0.05) is 23.7 Å². The molecule has 1 aliphatic rings. The van der Waals surface area contributed by atoms with Crippen molar-refractivity contribution in [2.45, 2.75) is 29.9 Å². The Balaban J connectivity index is 1.99. The highest BCUT2D eigenvalue weighted by atomic mass is 35.5. The minimum absolute atomic E-state index is 0.0803. The van der Waals surface area contributed by atoms with E-state index in [0.29, 0.717) is 18.9 Å². The molecule has 0 bridgehead atoms. The van der Waals surface area contributed by atoms with Gasteiger partial charge in [0, 0.05) is 10.7 Å². The van der Waals surface area contributed by atoms with Gasteiger partial charge in [0.25, 0.3) is 5.91 Å². The van der Waals surface area contributed by atoms with E-state index in [-0.39, 0.29) is 16.3 Å². The molecule has 0 saturated heterocycles. The fraction of sp³-hybridized carbons (Fsp3) is 0.300. The minimum Gasteiger partial charge on any atom is -0.374 e. The molecule has 0 spiro atoms. The van der Waals surface area contributed by atoms with Gasteiger partial charge < -0.3 is 10.4 Å². The second kappa shape index (κ2) is 8.15. The number of alkyl halides is 3. The van der Waals surface area contributed by atoms with Crippen molar-refractivity contribution in [3.63, 3.8) is 0 Å². The normalized spacial score (nSPS) is 16.3. The number of aliphatic hydroxyl groups is 1. The third kappa shape index (κ3) is 5.01. The van der Waals surface area contributed by atoms with Crippen LogP contribution in [0.2, 0.25) is 5.02 Å². The van der Waals surface area contributed by atoms with Crippen molar-refractivity contribution in [1.29, 1.82) is 5.26 Å². The average molecular weight is 473 g/mol. The molecule has 3 rings (SSSR count). The van der Waals surface area contributed by atoms with Crippen molar-refractivity contribution in [3.05, 3.63) is 64.2 Å². The van der Waals surface area contributed by atoms with Crippen molar-refractivity contribution < 1.29 is 31.5 Å². The zero-order valence-corrected chi connectivity index (χ0v) is 17.4. The Labute approximate surface area is 181 Å². The van der Waals surface area contributed by atoms with Gasteiger partial charge in [0.05, 0.1) is 28.2 Å². The van der Waals surface area contributed by atoms with E-state index >= 15 is 0 Å². The molecule has 2 aromatic rings. The Hall–Kier alpha value is -2.61. The largest absolute Gasteiger partial charge is 0.417 e. The standard InChI is InChI=1S/C20H16ClF3N2O4S/c21-14-4-2-13(3-5-14)19(28,11-31(29,30)16-7-8-16)18(27)26-15-6-1-12(10-25)17(9-15)20(22,23)24/h1-6,9,16,28H,7-8,11H2,(H,26,27). The van der Waals surface area contributed by atoms with Crippen LogP contribution >= 0.6 is 11.6 Å². The van der Waals surface area contributed by atoms with E-state index in [1.54, 1.807) is 0 Å². The van der Waals surface area contributed by atoms with Crippen LogP contribution in [0.5, 0.6) is 0 Å². The van der Waals surface area contributed by atoms with Crippen LogP contribution in [-0.4, -0.2) is 30.4 Å². The number of nitriles is 1. The molecule has 0 heterocycles. The van der Waals surface area contributed by atoms with Crippen molar-refractivity contribution in [1.82, 2.24) is 0 Å². The van der Waals surface area contributed by atoms with Gasteiger partial charge in [0.15, 0.2) is 15.4 Å². The van der Waals surface area contributed by atoms with E-state index in [4.69, 9.17) is 16.9 Å². The van der Waals surface area contributed by atoms with Gasteiger partial charge in [-0.25, -0.2) is 8.42 Å². The highest BCUT2D eigenvalue weighted by molar-refractivity contribution is 7.92. The summed E-state index contributed by atoms with van der Waals surface area (Å²) >= 11 is 5.82. The lowest BCUT2D eigenvalue weighted by Crippen LogP contribution is -2.46. The summed E-state index contributed by atoms with van der Waals surface area (Å²) in [4.78, 5) is 13.0. The third-order valence-electron chi connectivity index (χ3n) is 4.84. The van der Waals surface area contributed by atoms with E-state index in [2.05, 4.69) is 5.32 Å². The molecule has 0 aromatic heterocycles. The topological polar surface area (TPSA) is 107 Å². The highest BCUT2D eigenvalue weighted by Crippen LogP contribution is 2.36. The smallest absolute Gasteiger partial charge is 0.374 e. The Morgan fingerprint density at radius 3 is 2.32 bits per heavy atom. The van der Waals surface area contributed by atoms with Gasteiger partial charge in [-0.3, -0.25) is 4.79 Å². The van der Waals surface area contributed by atoms with Gasteiger partial charge in [-0.2, -0.15) is 18.4 Å². The van der Waals surface area contributed by atoms with Crippen molar-refractivity contribution in [2.75, 3.05) is 11.1 Å². The molecule has 2 aromatic carbocycles. The van der Waals surface area contributed by atoms with E-state index in [1.807, 2.05) is 0 Å². The molecule has 1 fully saturated rings. The molecule has 0 radical (unpaired) electrons. The number of benzene rings is 2. The number of hydrogen-bond donors (Lipinski definition) is 2. The molecule has 1 saturated carbocycles. The van der Waals surface area contributed by atoms with Crippen molar-refractivity contribution in [2.24, 2.45) is 0 Å². The molecule has 6 nitrogen and oxygen atoms in total. The van der Waals surface area contributed by atoms with E-state index in [0.717, 1.165) is 12.1 Å². The first kappa shape index (κ1) is 23.1. The number of anilines is 1. The number of amides is 1. The van der Waals surface area contributed by atoms with Crippen LogP contribution in [-0.2, 0) is 26.4 Å². The zero-order valence-electron chi connectivity index (χ0n) is 15.8. The van der Waals surface area contributed by atoms with Gasteiger partial charge in [-0.05, 0) is 48.7 Å². The van der Waals surface area contributed by atoms with Crippen LogP contribution in [0.1, 0.15) is 29.5 Å². The zero-order chi connectivity index (χ0) is 23.0. The number of rotatable bonds is 6. The van der Waals surface area contributed by atoms with Gasteiger partial charge in [-0.15, -0.1) is 0 Å². The molecular weight excluding hydrogens is 457 g/mol. The second-order valence-corrected chi connectivity index (χ2v) is 9.92. The first-order chi connectivity index (χ1) is 14.4. The summed E-state index contributed by atoms with van der Waals surface area (Å²) in [5, 5.41) is 21.8. The Kier molecular flexibility index (Phi) is 6.06. The van der Waals surface area contributed by atoms with Gasteiger partial charge in [0.1, 0.15) is 0 Å². The number of hydrogen-bond acceptors (Lipinski definition) is 5. The molecule has 2 N–H and O–H groups in total. The number of sulfone groups is 1. The van der Waals surface area contributed by atoms with E-state index < -0.39 is 49.7 Å². The Morgan fingerprint density at radius 1 is 1.19 bits per heavy atom. The van der Waals surface area contributed by atoms with Crippen LogP contribution in [0.25, 0.3) is 0 Å². The summed E-state index contributed by atoms with van der Waals surface area (Å²) in [6, 6.07) is 9.14. The fourth-order valence-electron chi connectivity index (χ4n) is 3.03. The number of halogens is 4. The lowest BCUT2D eigenvalue weighted by atomic mass is 9.94. The minimum atomic E-state index is -4.85. The monoisotopic (exact) mass is 472 g/mol. The first-order valence-corrected chi connectivity index (χ1v) is 11.1. The van der Waals surface area contributed by atoms with Gasteiger partial charge >= 0.3 is 6.18 Å². The average Bonchev–Trinajstić information content (AvgIpc) is 3.53. The molecule has 1 amide bonds. The maximum absolute atomic E-state index is 13.2. The van der Waals surface area contributed by atoms with Crippen LogP contribution < -0.4 is 5.32 Å². The fourth-order valence-corrected chi connectivity index (χ4v) is 5.13. The summed E-state index contributed by atoms with van der Waals surface area (Å²) in [6.07, 6.45) is -4.04. The molecule has 0 aliphatic heterocycles. The van der Waals surface area contributed by atoms with Crippen molar-refractivity contribution >= 4 is 33.0 Å². The first-order valence-electron chi connectivity index (χ1n) is 8.99. The molecule has 11 heteroatoms. The number of nitrogens with zero attached hydrogens (tertiary/aromatic N) is 1. The summed E-state index contributed by atoms with van der Waals surface area (Å²) in [6.45, 7) is 0. The molecule has 164 valence electrons. The summed E-state index contributed by atoms with van der Waals surface area (Å²) in [5.41, 5.74) is -4.92. The highest BCUT2D eigenvalue weighted by Gasteiger charge is 2.47. The Bertz CT molecular complexity index is 1160. The third-order valence-corrected chi connectivity index (χ3v) is 7.40. The lowest BCUT2D eigenvalue weighted by molar-refractivity contribution is -0.138. The summed E-state index contributed by atoms with van der Waals surface area (Å²) in [7, 11) is -3.85. The predicted octanol–water partition coefficient (Wildman–Crippen LogP) is 3.63. The molecular formula is C20H16ClF3N2O4S. The number of nitrogens with one attached hydrogen (secondary N) is 1. The maximum Gasteiger partial charge on any atom is 0.417 e. The SMILES string of the molecule is N#Cc1ccc(NC(=O)C(O)(CS(=O)(=O)C2CC2)c2ccc(Cl)cc2)cc1C(F)(F)F. The van der Waals surface area contributed by atoms with Crippen LogP contribution in [0.15, 0.2) is 42.5 Å². The van der Waals surface area contributed by atoms with Crippen molar-refractivity contribution in [3.8, 4) is 6.07 Å². The number of carbonyl (C=O) groups is 1. The summed E-state index contributed by atoms with van der Waals surface area (Å²) < 4.78 is 64.7. The quantitative estimate of drug-likeness (QED) is 0.667. The predicted molar refractivity (Wildman–Crippen MR) is 107 cm³/mol. The summed E-state index contributed by atoms with van der Waals surface area (Å²) in [5.74, 6) is -2.17. The molecule has 31 heavy (non-hydrogen) atoms. The van der Waals surface area contributed by atoms with E-state index in [9.17, 15) is 31.5 Å².